The molecule has 1 fully saturated rings. The van der Waals surface area contributed by atoms with Crippen LogP contribution < -0.4 is 19.1 Å². The van der Waals surface area contributed by atoms with Crippen molar-refractivity contribution >= 4 is 17.8 Å². The zero-order valence-electron chi connectivity index (χ0n) is 16.6. The van der Waals surface area contributed by atoms with Crippen LogP contribution in [0.2, 0.25) is 5.02 Å². The molecule has 1 aliphatic heterocycles. The van der Waals surface area contributed by atoms with Crippen molar-refractivity contribution in [1.29, 1.82) is 0 Å². The van der Waals surface area contributed by atoms with Crippen molar-refractivity contribution in [2.75, 3.05) is 47.5 Å². The quantitative estimate of drug-likeness (QED) is 0.718. The van der Waals surface area contributed by atoms with Gasteiger partial charge in [-0.2, -0.15) is 5.10 Å². The van der Waals surface area contributed by atoms with Crippen LogP contribution in [0.3, 0.4) is 0 Å². The number of benzene rings is 2. The third kappa shape index (κ3) is 4.69. The Kier molecular flexibility index (Phi) is 7.01. The topological polar surface area (TPSA) is 47.7 Å². The summed E-state index contributed by atoms with van der Waals surface area (Å²) in [5.74, 6) is 1.82. The maximum Gasteiger partial charge on any atom is 0.203 e. The number of ether oxygens (including phenoxy) is 3. The maximum absolute atomic E-state index is 6.29. The molecule has 1 aliphatic rings. The second-order valence-corrected chi connectivity index (χ2v) is 7.05. The van der Waals surface area contributed by atoms with Crippen molar-refractivity contribution in [3.63, 3.8) is 0 Å². The molecule has 0 aliphatic carbocycles. The molecule has 0 unspecified atom stereocenters. The number of hydrazone groups is 1. The van der Waals surface area contributed by atoms with Gasteiger partial charge in [-0.25, -0.2) is 0 Å². The van der Waals surface area contributed by atoms with Crippen molar-refractivity contribution in [2.45, 2.75) is 6.54 Å². The summed E-state index contributed by atoms with van der Waals surface area (Å²) in [7, 11) is 4.82. The molecular formula is C21H27ClN3O3+. The van der Waals surface area contributed by atoms with E-state index in [1.54, 1.807) is 21.3 Å². The van der Waals surface area contributed by atoms with Crippen LogP contribution in [0, 0.1) is 0 Å². The molecule has 6 nitrogen and oxygen atoms in total. The van der Waals surface area contributed by atoms with E-state index in [1.807, 2.05) is 36.5 Å². The molecule has 28 heavy (non-hydrogen) atoms. The first-order valence-electron chi connectivity index (χ1n) is 9.31. The lowest BCUT2D eigenvalue weighted by molar-refractivity contribution is -0.918. The van der Waals surface area contributed by atoms with E-state index in [2.05, 4.69) is 16.2 Å². The molecule has 0 aromatic heterocycles. The fraction of sp³-hybridized carbons (Fsp3) is 0.381. The number of piperazine rings is 1. The highest BCUT2D eigenvalue weighted by Crippen LogP contribution is 2.39. The zero-order valence-corrected chi connectivity index (χ0v) is 17.3. The van der Waals surface area contributed by atoms with Crippen LogP contribution in [0.15, 0.2) is 41.5 Å². The molecule has 2 aromatic carbocycles. The summed E-state index contributed by atoms with van der Waals surface area (Å²) in [6, 6.07) is 11.8. The number of hydrogen-bond donors (Lipinski definition) is 1. The number of nitrogens with one attached hydrogen (secondary N) is 1. The Bertz CT molecular complexity index is 821. The largest absolute Gasteiger partial charge is 0.493 e. The van der Waals surface area contributed by atoms with Crippen LogP contribution in [0.25, 0.3) is 0 Å². The summed E-state index contributed by atoms with van der Waals surface area (Å²) < 4.78 is 16.3. The first kappa shape index (κ1) is 20.3. The summed E-state index contributed by atoms with van der Waals surface area (Å²) in [4.78, 5) is 1.52. The summed E-state index contributed by atoms with van der Waals surface area (Å²) >= 11 is 6.29. The van der Waals surface area contributed by atoms with Gasteiger partial charge in [0.2, 0.25) is 5.75 Å². The molecule has 0 spiro atoms. The van der Waals surface area contributed by atoms with Gasteiger partial charge in [-0.05, 0) is 18.2 Å². The molecule has 1 N–H and O–H groups in total. The molecule has 150 valence electrons. The number of hydrogen-bond acceptors (Lipinski definition) is 5. The third-order valence-corrected chi connectivity index (χ3v) is 5.31. The average molecular weight is 405 g/mol. The molecule has 3 rings (SSSR count). The normalized spacial score (nSPS) is 15.1. The van der Waals surface area contributed by atoms with E-state index in [-0.39, 0.29) is 0 Å². The fourth-order valence-corrected chi connectivity index (χ4v) is 3.59. The number of rotatable bonds is 7. The summed E-state index contributed by atoms with van der Waals surface area (Å²) in [5.41, 5.74) is 2.05. The number of quaternary nitrogens is 1. The van der Waals surface area contributed by atoms with Crippen LogP contribution in [0.1, 0.15) is 11.1 Å². The Morgan fingerprint density at radius 3 is 2.36 bits per heavy atom. The van der Waals surface area contributed by atoms with E-state index in [9.17, 15) is 0 Å². The standard InChI is InChI=1S/C21H26ClN3O3/c1-26-19-9-8-16(20(27-2)21(19)28-3)14-23-25-12-10-24(11-13-25)15-17-6-4-5-7-18(17)22/h4-9,14H,10-13,15H2,1-3H3/p+1/b23-14+. The lowest BCUT2D eigenvalue weighted by Crippen LogP contribution is -3.13. The Morgan fingerprint density at radius 2 is 1.71 bits per heavy atom. The molecule has 2 aromatic rings. The lowest BCUT2D eigenvalue weighted by Gasteiger charge is -2.30. The van der Waals surface area contributed by atoms with Crippen molar-refractivity contribution < 1.29 is 19.1 Å². The van der Waals surface area contributed by atoms with E-state index in [0.29, 0.717) is 17.2 Å². The fourth-order valence-electron chi connectivity index (χ4n) is 3.38. The van der Waals surface area contributed by atoms with Crippen molar-refractivity contribution in [3.8, 4) is 17.2 Å². The zero-order chi connectivity index (χ0) is 19.9. The molecule has 0 atom stereocenters. The molecule has 0 radical (unpaired) electrons. The Balaban J connectivity index is 1.62. The van der Waals surface area contributed by atoms with Gasteiger partial charge in [0.15, 0.2) is 11.5 Å². The minimum absolute atomic E-state index is 0.572. The maximum atomic E-state index is 6.29. The van der Waals surface area contributed by atoms with Crippen LogP contribution in [-0.2, 0) is 6.54 Å². The smallest absolute Gasteiger partial charge is 0.203 e. The van der Waals surface area contributed by atoms with E-state index in [0.717, 1.165) is 43.3 Å². The van der Waals surface area contributed by atoms with E-state index < -0.39 is 0 Å². The van der Waals surface area contributed by atoms with E-state index >= 15 is 0 Å². The van der Waals surface area contributed by atoms with Gasteiger partial charge in [-0.3, -0.25) is 5.01 Å². The van der Waals surface area contributed by atoms with Gasteiger partial charge < -0.3 is 19.1 Å². The molecule has 0 amide bonds. The number of methoxy groups -OCH3 is 3. The predicted molar refractivity (Wildman–Crippen MR) is 111 cm³/mol. The second kappa shape index (κ2) is 9.66. The van der Waals surface area contributed by atoms with Gasteiger partial charge in [0.05, 0.1) is 53.7 Å². The van der Waals surface area contributed by atoms with Crippen LogP contribution >= 0.6 is 11.6 Å². The van der Waals surface area contributed by atoms with E-state index in [1.165, 1.54) is 10.5 Å². The minimum Gasteiger partial charge on any atom is -0.493 e. The third-order valence-electron chi connectivity index (χ3n) is 4.94. The van der Waals surface area contributed by atoms with Gasteiger partial charge in [-0.1, -0.05) is 29.8 Å². The van der Waals surface area contributed by atoms with Crippen molar-refractivity contribution in [3.05, 3.63) is 52.5 Å². The summed E-state index contributed by atoms with van der Waals surface area (Å²) in [6.45, 7) is 4.77. The van der Waals surface area contributed by atoms with Gasteiger partial charge in [0.25, 0.3) is 0 Å². The van der Waals surface area contributed by atoms with Crippen LogP contribution in [0.5, 0.6) is 17.2 Å². The average Bonchev–Trinajstić information content (AvgIpc) is 2.74. The van der Waals surface area contributed by atoms with Gasteiger partial charge in [-0.15, -0.1) is 0 Å². The highest BCUT2D eigenvalue weighted by Gasteiger charge is 2.20. The number of halogens is 1. The molecule has 0 saturated carbocycles. The Morgan fingerprint density at radius 1 is 1.00 bits per heavy atom. The van der Waals surface area contributed by atoms with Gasteiger partial charge in [0, 0.05) is 16.1 Å². The van der Waals surface area contributed by atoms with Gasteiger partial charge >= 0.3 is 0 Å². The van der Waals surface area contributed by atoms with E-state index in [4.69, 9.17) is 25.8 Å². The molecule has 0 bridgehead atoms. The SMILES string of the molecule is COc1ccc(/C=N/N2CC[NH+](Cc3ccccc3Cl)CC2)c(OC)c1OC. The van der Waals surface area contributed by atoms with Gasteiger partial charge in [0.1, 0.15) is 6.54 Å². The first-order chi connectivity index (χ1) is 13.7. The summed E-state index contributed by atoms with van der Waals surface area (Å²) in [5, 5.41) is 7.58. The molecule has 1 heterocycles. The van der Waals surface area contributed by atoms with Crippen LogP contribution in [0.4, 0.5) is 0 Å². The predicted octanol–water partition coefficient (Wildman–Crippen LogP) is 2.10. The summed E-state index contributed by atoms with van der Waals surface area (Å²) in [6.07, 6.45) is 1.82. The molecule has 7 heteroatoms. The lowest BCUT2D eigenvalue weighted by atomic mass is 10.2. The number of nitrogens with zero attached hydrogens (tertiary/aromatic N) is 2. The molecule has 1 saturated heterocycles. The minimum atomic E-state index is 0.572. The van der Waals surface area contributed by atoms with Crippen molar-refractivity contribution in [2.24, 2.45) is 5.10 Å². The highest BCUT2D eigenvalue weighted by atomic mass is 35.5. The Hall–Kier alpha value is -2.44. The highest BCUT2D eigenvalue weighted by molar-refractivity contribution is 6.31. The second-order valence-electron chi connectivity index (χ2n) is 6.64. The van der Waals surface area contributed by atoms with Crippen LogP contribution in [-0.4, -0.2) is 58.7 Å². The monoisotopic (exact) mass is 404 g/mol. The first-order valence-corrected chi connectivity index (χ1v) is 9.69. The molecular weight excluding hydrogens is 378 g/mol. The Labute approximate surface area is 171 Å². The van der Waals surface area contributed by atoms with Crippen molar-refractivity contribution in [1.82, 2.24) is 5.01 Å².